The van der Waals surface area contributed by atoms with Crippen molar-refractivity contribution < 1.29 is 0 Å². The quantitative estimate of drug-likeness (QED) is 0.884. The summed E-state index contributed by atoms with van der Waals surface area (Å²) >= 11 is 0. The van der Waals surface area contributed by atoms with Gasteiger partial charge in [-0.15, -0.1) is 0 Å². The van der Waals surface area contributed by atoms with Gasteiger partial charge in [-0.3, -0.25) is 0 Å². The predicted octanol–water partition coefficient (Wildman–Crippen LogP) is 4.13. The van der Waals surface area contributed by atoms with Crippen LogP contribution in [0.2, 0.25) is 0 Å². The molecule has 0 aromatic heterocycles. The first-order valence-corrected chi connectivity index (χ1v) is 8.47. The van der Waals surface area contributed by atoms with Crippen LogP contribution in [0, 0.1) is 17.8 Å². The summed E-state index contributed by atoms with van der Waals surface area (Å²) in [6, 6.07) is 9.10. The van der Waals surface area contributed by atoms with E-state index in [1.54, 1.807) is 0 Å². The van der Waals surface area contributed by atoms with Crippen LogP contribution in [0.25, 0.3) is 0 Å². The second-order valence-electron chi connectivity index (χ2n) is 7.06. The van der Waals surface area contributed by atoms with Gasteiger partial charge in [0.05, 0.1) is 0 Å². The van der Waals surface area contributed by atoms with E-state index in [0.717, 1.165) is 17.8 Å². The Balaban J connectivity index is 1.32. The minimum Gasteiger partial charge on any atom is -0.385 e. The molecule has 108 valence electrons. The number of nitrogens with one attached hydrogen (secondary N) is 1. The summed E-state index contributed by atoms with van der Waals surface area (Å²) in [5.74, 6) is 3.02. The van der Waals surface area contributed by atoms with E-state index in [0.29, 0.717) is 0 Å². The molecule has 0 spiro atoms. The maximum absolute atomic E-state index is 3.67. The normalized spacial score (nSPS) is 32.0. The van der Waals surface area contributed by atoms with Crippen molar-refractivity contribution in [2.45, 2.75) is 38.5 Å². The molecule has 1 aromatic carbocycles. The first-order chi connectivity index (χ1) is 9.88. The van der Waals surface area contributed by atoms with Gasteiger partial charge in [-0.25, -0.2) is 0 Å². The van der Waals surface area contributed by atoms with E-state index < -0.39 is 0 Å². The van der Waals surface area contributed by atoms with Crippen LogP contribution in [0.5, 0.6) is 0 Å². The Morgan fingerprint density at radius 2 is 1.80 bits per heavy atom. The van der Waals surface area contributed by atoms with Gasteiger partial charge in [0.2, 0.25) is 0 Å². The fourth-order valence-electron chi connectivity index (χ4n) is 4.64. The number of benzene rings is 1. The van der Waals surface area contributed by atoms with Crippen LogP contribution in [-0.2, 0) is 0 Å². The van der Waals surface area contributed by atoms with Crippen LogP contribution in [0.4, 0.5) is 11.4 Å². The monoisotopic (exact) mass is 270 g/mol. The molecular formula is C18H26N2. The lowest BCUT2D eigenvalue weighted by Crippen LogP contribution is -2.20. The largest absolute Gasteiger partial charge is 0.385 e. The molecule has 3 unspecified atom stereocenters. The molecule has 3 aliphatic rings. The second-order valence-corrected chi connectivity index (χ2v) is 7.06. The van der Waals surface area contributed by atoms with Crippen LogP contribution in [0.1, 0.15) is 38.5 Å². The number of hydrogen-bond acceptors (Lipinski definition) is 2. The van der Waals surface area contributed by atoms with Crippen LogP contribution >= 0.6 is 0 Å². The molecule has 2 saturated carbocycles. The van der Waals surface area contributed by atoms with Gasteiger partial charge in [0, 0.05) is 31.0 Å². The zero-order valence-corrected chi connectivity index (χ0v) is 12.4. The van der Waals surface area contributed by atoms with E-state index in [9.17, 15) is 0 Å². The molecule has 1 heterocycles. The van der Waals surface area contributed by atoms with Gasteiger partial charge in [0.25, 0.3) is 0 Å². The van der Waals surface area contributed by atoms with E-state index in [2.05, 4.69) is 34.5 Å². The van der Waals surface area contributed by atoms with E-state index in [1.165, 1.54) is 69.5 Å². The maximum Gasteiger partial charge on any atom is 0.0367 e. The Bertz CT molecular complexity index is 447. The molecule has 0 amide bonds. The Hall–Kier alpha value is -1.18. The summed E-state index contributed by atoms with van der Waals surface area (Å²) < 4.78 is 0. The summed E-state index contributed by atoms with van der Waals surface area (Å²) in [6.07, 6.45) is 8.69. The van der Waals surface area contributed by atoms with Crippen molar-refractivity contribution in [1.82, 2.24) is 0 Å². The average molecular weight is 270 g/mol. The first kappa shape index (κ1) is 12.6. The minimum atomic E-state index is 0.937. The highest BCUT2D eigenvalue weighted by molar-refractivity contribution is 5.55. The number of fused-ring (bicyclic) bond motifs is 2. The van der Waals surface area contributed by atoms with Crippen molar-refractivity contribution in [2.24, 2.45) is 17.8 Å². The van der Waals surface area contributed by atoms with Gasteiger partial charge < -0.3 is 10.2 Å². The number of nitrogens with zero attached hydrogens (tertiary/aromatic N) is 1. The lowest BCUT2D eigenvalue weighted by molar-refractivity contribution is 0.348. The molecule has 1 aromatic rings. The van der Waals surface area contributed by atoms with E-state index in [1.807, 2.05) is 0 Å². The van der Waals surface area contributed by atoms with Crippen molar-refractivity contribution in [1.29, 1.82) is 0 Å². The molecule has 0 radical (unpaired) electrons. The SMILES string of the molecule is c1cc(N2CCCC2)ccc1NCC1CC2CCC1C2. The number of rotatable bonds is 4. The van der Waals surface area contributed by atoms with Gasteiger partial charge in [-0.05, 0) is 74.1 Å². The Morgan fingerprint density at radius 3 is 2.45 bits per heavy atom. The topological polar surface area (TPSA) is 15.3 Å². The summed E-state index contributed by atoms with van der Waals surface area (Å²) in [6.45, 7) is 3.65. The molecular weight excluding hydrogens is 244 g/mol. The molecule has 3 atom stereocenters. The molecule has 2 bridgehead atoms. The summed E-state index contributed by atoms with van der Waals surface area (Å²) in [5, 5.41) is 3.67. The summed E-state index contributed by atoms with van der Waals surface area (Å²) in [5.41, 5.74) is 2.70. The molecule has 2 nitrogen and oxygen atoms in total. The maximum atomic E-state index is 3.67. The average Bonchev–Trinajstić information content (AvgIpc) is 3.22. The number of hydrogen-bond donors (Lipinski definition) is 1. The molecule has 2 heteroatoms. The molecule has 2 aliphatic carbocycles. The molecule has 20 heavy (non-hydrogen) atoms. The highest BCUT2D eigenvalue weighted by Crippen LogP contribution is 2.48. The van der Waals surface area contributed by atoms with Crippen LogP contribution in [0.15, 0.2) is 24.3 Å². The Morgan fingerprint density at radius 1 is 1.00 bits per heavy atom. The summed E-state index contributed by atoms with van der Waals surface area (Å²) in [4.78, 5) is 2.50. The second kappa shape index (κ2) is 5.31. The zero-order valence-electron chi connectivity index (χ0n) is 12.4. The van der Waals surface area contributed by atoms with Gasteiger partial charge in [-0.2, -0.15) is 0 Å². The highest BCUT2D eigenvalue weighted by Gasteiger charge is 2.38. The van der Waals surface area contributed by atoms with Gasteiger partial charge in [0.1, 0.15) is 0 Å². The lowest BCUT2D eigenvalue weighted by Gasteiger charge is -2.23. The highest BCUT2D eigenvalue weighted by atomic mass is 15.1. The van der Waals surface area contributed by atoms with Crippen molar-refractivity contribution in [3.8, 4) is 0 Å². The van der Waals surface area contributed by atoms with Crippen molar-refractivity contribution in [3.63, 3.8) is 0 Å². The standard InChI is InChI=1S/C18H26N2/c1-2-10-20(9-1)18-7-5-17(6-8-18)19-13-16-12-14-3-4-15(16)11-14/h5-8,14-16,19H,1-4,9-13H2. The van der Waals surface area contributed by atoms with E-state index in [4.69, 9.17) is 0 Å². The predicted molar refractivity (Wildman–Crippen MR) is 85.3 cm³/mol. The Kier molecular flexibility index (Phi) is 3.33. The molecule has 1 saturated heterocycles. The molecule has 1 N–H and O–H groups in total. The van der Waals surface area contributed by atoms with Crippen molar-refractivity contribution in [3.05, 3.63) is 24.3 Å². The van der Waals surface area contributed by atoms with Gasteiger partial charge in [0.15, 0.2) is 0 Å². The first-order valence-electron chi connectivity index (χ1n) is 8.47. The zero-order chi connectivity index (χ0) is 13.4. The van der Waals surface area contributed by atoms with Crippen LogP contribution < -0.4 is 10.2 Å². The fraction of sp³-hybridized carbons (Fsp3) is 0.667. The molecule has 1 aliphatic heterocycles. The van der Waals surface area contributed by atoms with E-state index in [-0.39, 0.29) is 0 Å². The van der Waals surface area contributed by atoms with Crippen molar-refractivity contribution in [2.75, 3.05) is 29.9 Å². The van der Waals surface area contributed by atoms with Gasteiger partial charge in [-0.1, -0.05) is 6.42 Å². The van der Waals surface area contributed by atoms with Crippen LogP contribution in [-0.4, -0.2) is 19.6 Å². The third-order valence-corrected chi connectivity index (χ3v) is 5.79. The minimum absolute atomic E-state index is 0.937. The number of anilines is 2. The van der Waals surface area contributed by atoms with Gasteiger partial charge >= 0.3 is 0 Å². The van der Waals surface area contributed by atoms with Crippen molar-refractivity contribution >= 4 is 11.4 Å². The van der Waals surface area contributed by atoms with Crippen LogP contribution in [0.3, 0.4) is 0 Å². The van der Waals surface area contributed by atoms with E-state index >= 15 is 0 Å². The smallest absolute Gasteiger partial charge is 0.0367 e. The third kappa shape index (κ3) is 2.41. The summed E-state index contributed by atoms with van der Waals surface area (Å²) in [7, 11) is 0. The fourth-order valence-corrected chi connectivity index (χ4v) is 4.64. The molecule has 4 rings (SSSR count). The third-order valence-electron chi connectivity index (χ3n) is 5.79. The molecule has 3 fully saturated rings. The lowest BCUT2D eigenvalue weighted by atomic mass is 9.89. The Labute approximate surface area is 122 Å².